The number of methoxy groups -OCH3 is 1. The third kappa shape index (κ3) is 8.49. The van der Waals surface area contributed by atoms with Crippen molar-refractivity contribution in [3.8, 4) is 0 Å². The number of aromatic nitrogens is 4. The van der Waals surface area contributed by atoms with E-state index < -0.39 is 6.08 Å². The van der Waals surface area contributed by atoms with Crippen molar-refractivity contribution in [2.45, 2.75) is 90.2 Å². The Bertz CT molecular complexity index is 795. The molecule has 0 radical (unpaired) electrons. The first kappa shape index (κ1) is 25.1. The number of nitrogens with zero attached hydrogens (tertiary/aromatic N) is 4. The fourth-order valence-corrected chi connectivity index (χ4v) is 3.53. The second-order valence-corrected chi connectivity index (χ2v) is 7.91. The number of hydrogen-bond donors (Lipinski definition) is 2. The molecule has 1 amide bonds. The van der Waals surface area contributed by atoms with E-state index in [1.54, 1.807) is 4.57 Å². The van der Waals surface area contributed by atoms with Gasteiger partial charge in [0.1, 0.15) is 0 Å². The molecular weight excluding hydrogens is 401 g/mol. The number of aliphatic hydroxyl groups is 1. The van der Waals surface area contributed by atoms with Gasteiger partial charge in [-0.15, -0.1) is 0 Å². The molecule has 0 aliphatic heterocycles. The third-order valence-electron chi connectivity index (χ3n) is 5.43. The average molecular weight is 438 g/mol. The largest absolute Gasteiger partial charge is 0.394 e. The molecule has 0 spiro atoms. The van der Waals surface area contributed by atoms with Crippen molar-refractivity contribution in [1.82, 2.24) is 19.5 Å². The van der Waals surface area contributed by atoms with Crippen LogP contribution in [0.2, 0.25) is 0 Å². The molecule has 2 rings (SSSR count). The van der Waals surface area contributed by atoms with Crippen LogP contribution < -0.4 is 5.32 Å². The van der Waals surface area contributed by atoms with E-state index >= 15 is 0 Å². The number of amides is 1. The quantitative estimate of drug-likeness (QED) is 0.301. The van der Waals surface area contributed by atoms with Crippen LogP contribution in [-0.4, -0.2) is 50.4 Å². The summed E-state index contributed by atoms with van der Waals surface area (Å²) >= 11 is 0. The Morgan fingerprint density at radius 2 is 1.84 bits per heavy atom. The molecule has 2 aromatic rings. The average Bonchev–Trinajstić information content (AvgIpc) is 3.16. The Hall–Kier alpha value is -2.13. The predicted octanol–water partition coefficient (Wildman–Crippen LogP) is 4.22. The van der Waals surface area contributed by atoms with Gasteiger partial charge in [0.15, 0.2) is 17.0 Å². The number of aliphatic hydroxyl groups excluding tert-OH is 1. The van der Waals surface area contributed by atoms with Gasteiger partial charge in [0.2, 0.25) is 5.91 Å². The fraction of sp³-hybridized carbons (Fsp3) is 0.727. The van der Waals surface area contributed by atoms with Gasteiger partial charge >= 0.3 is 6.08 Å². The monoisotopic (exact) mass is 437 g/mol. The lowest BCUT2D eigenvalue weighted by atomic mass is 10.1. The zero-order chi connectivity index (χ0) is 22.5. The lowest BCUT2D eigenvalue weighted by molar-refractivity contribution is -0.116. The Kier molecular flexibility index (Phi) is 11.4. The molecule has 8 nitrogen and oxygen atoms in total. The summed E-state index contributed by atoms with van der Waals surface area (Å²) < 4.78 is 20.8. The number of anilines is 1. The van der Waals surface area contributed by atoms with Crippen molar-refractivity contribution in [3.05, 3.63) is 12.4 Å². The molecule has 0 bridgehead atoms. The van der Waals surface area contributed by atoms with Crippen molar-refractivity contribution in [3.63, 3.8) is 0 Å². The summed E-state index contributed by atoms with van der Waals surface area (Å²) in [5.74, 6) is -0.107. The van der Waals surface area contributed by atoms with Gasteiger partial charge in [-0.2, -0.15) is 14.4 Å². The predicted molar refractivity (Wildman–Crippen MR) is 118 cm³/mol. The minimum Gasteiger partial charge on any atom is -0.394 e. The number of unbranched alkanes of at least 4 members (excludes halogenated alkanes) is 8. The number of ether oxygens (including phenoxy) is 1. The molecule has 0 aliphatic rings. The maximum Gasteiger partial charge on any atom is 0.312 e. The molecule has 174 valence electrons. The van der Waals surface area contributed by atoms with Gasteiger partial charge in [0.05, 0.1) is 19.0 Å². The van der Waals surface area contributed by atoms with E-state index in [1.165, 1.54) is 52.0 Å². The zero-order valence-electron chi connectivity index (χ0n) is 18.8. The first-order chi connectivity index (χ1) is 15.1. The minimum atomic E-state index is -0.918. The number of imidazole rings is 1. The molecule has 1 unspecified atom stereocenters. The summed E-state index contributed by atoms with van der Waals surface area (Å²) in [5, 5.41) is 11.9. The highest BCUT2D eigenvalue weighted by atomic mass is 19.1. The summed E-state index contributed by atoms with van der Waals surface area (Å²) in [5.41, 5.74) is 0.651. The SMILES string of the molecule is CCCCCCCCCCCC(=O)Nc1nc(F)nc2c1ncn2CCC(CO)OC. The summed E-state index contributed by atoms with van der Waals surface area (Å²) in [4.78, 5) is 24.1. The molecule has 1 atom stereocenters. The van der Waals surface area contributed by atoms with Crippen molar-refractivity contribution < 1.29 is 19.0 Å². The molecule has 0 aliphatic carbocycles. The third-order valence-corrected chi connectivity index (χ3v) is 5.43. The van der Waals surface area contributed by atoms with Gasteiger partial charge < -0.3 is 19.7 Å². The number of hydrogen-bond acceptors (Lipinski definition) is 6. The van der Waals surface area contributed by atoms with Crippen molar-refractivity contribution in [2.24, 2.45) is 0 Å². The Morgan fingerprint density at radius 1 is 1.16 bits per heavy atom. The minimum absolute atomic E-state index is 0.0904. The first-order valence-electron chi connectivity index (χ1n) is 11.4. The molecule has 31 heavy (non-hydrogen) atoms. The summed E-state index contributed by atoms with van der Waals surface area (Å²) in [6.07, 6.45) is 11.8. The van der Waals surface area contributed by atoms with E-state index in [-0.39, 0.29) is 24.4 Å². The molecular formula is C22H36FN5O3. The van der Waals surface area contributed by atoms with E-state index in [2.05, 4.69) is 27.2 Å². The van der Waals surface area contributed by atoms with E-state index in [9.17, 15) is 14.3 Å². The number of carbonyl (C=O) groups is 1. The van der Waals surface area contributed by atoms with Crippen LogP contribution in [0.3, 0.4) is 0 Å². The molecule has 0 saturated carbocycles. The van der Waals surface area contributed by atoms with Crippen LogP contribution >= 0.6 is 0 Å². The second kappa shape index (κ2) is 14.0. The Morgan fingerprint density at radius 3 is 2.48 bits per heavy atom. The smallest absolute Gasteiger partial charge is 0.312 e. The van der Waals surface area contributed by atoms with Crippen molar-refractivity contribution in [2.75, 3.05) is 19.0 Å². The highest BCUT2D eigenvalue weighted by Gasteiger charge is 2.16. The van der Waals surface area contributed by atoms with Gasteiger partial charge in [0, 0.05) is 20.1 Å². The van der Waals surface area contributed by atoms with Crippen LogP contribution in [0.25, 0.3) is 11.2 Å². The number of halogens is 1. The first-order valence-corrected chi connectivity index (χ1v) is 11.4. The number of aryl methyl sites for hydroxylation is 1. The molecule has 2 heterocycles. The zero-order valence-corrected chi connectivity index (χ0v) is 18.8. The number of fused-ring (bicyclic) bond motifs is 1. The van der Waals surface area contributed by atoms with E-state index in [0.717, 1.165) is 19.3 Å². The van der Waals surface area contributed by atoms with Crippen molar-refractivity contribution in [1.29, 1.82) is 0 Å². The number of carbonyl (C=O) groups excluding carboxylic acids is 1. The number of rotatable bonds is 16. The van der Waals surface area contributed by atoms with Gasteiger partial charge in [-0.3, -0.25) is 4.79 Å². The van der Waals surface area contributed by atoms with Crippen LogP contribution in [-0.2, 0) is 16.1 Å². The lowest BCUT2D eigenvalue weighted by Gasteiger charge is -2.12. The Balaban J connectivity index is 1.82. The van der Waals surface area contributed by atoms with E-state index in [1.807, 2.05) is 0 Å². The van der Waals surface area contributed by atoms with Gasteiger partial charge in [0.25, 0.3) is 0 Å². The summed E-state index contributed by atoms with van der Waals surface area (Å²) in [7, 11) is 1.52. The normalized spacial score (nSPS) is 12.4. The van der Waals surface area contributed by atoms with Crippen LogP contribution in [0.5, 0.6) is 0 Å². The number of nitrogens with one attached hydrogen (secondary N) is 1. The van der Waals surface area contributed by atoms with Gasteiger partial charge in [-0.1, -0.05) is 58.3 Å². The maximum absolute atomic E-state index is 14.0. The second-order valence-electron chi connectivity index (χ2n) is 7.91. The maximum atomic E-state index is 14.0. The van der Waals surface area contributed by atoms with Gasteiger partial charge in [-0.25, -0.2) is 4.98 Å². The molecule has 0 aromatic carbocycles. The summed E-state index contributed by atoms with van der Waals surface area (Å²) in [6.45, 7) is 2.55. The van der Waals surface area contributed by atoms with Crippen LogP contribution in [0, 0.1) is 6.08 Å². The highest BCUT2D eigenvalue weighted by molar-refractivity contribution is 5.96. The molecule has 2 aromatic heterocycles. The van der Waals surface area contributed by atoms with E-state index in [0.29, 0.717) is 30.6 Å². The van der Waals surface area contributed by atoms with Crippen LogP contribution in [0.4, 0.5) is 10.2 Å². The molecule has 9 heteroatoms. The van der Waals surface area contributed by atoms with E-state index in [4.69, 9.17) is 4.74 Å². The van der Waals surface area contributed by atoms with Crippen molar-refractivity contribution >= 4 is 22.9 Å². The highest BCUT2D eigenvalue weighted by Crippen LogP contribution is 2.20. The van der Waals surface area contributed by atoms with Gasteiger partial charge in [-0.05, 0) is 12.8 Å². The van der Waals surface area contributed by atoms with Crippen LogP contribution in [0.1, 0.15) is 77.6 Å². The summed E-state index contributed by atoms with van der Waals surface area (Å²) in [6, 6.07) is 0. The topological polar surface area (TPSA) is 102 Å². The lowest BCUT2D eigenvalue weighted by Crippen LogP contribution is -2.18. The van der Waals surface area contributed by atoms with Crippen LogP contribution in [0.15, 0.2) is 6.33 Å². The fourth-order valence-electron chi connectivity index (χ4n) is 3.53. The molecule has 0 fully saturated rings. The molecule has 0 saturated heterocycles. The Labute approximate surface area is 183 Å². The standard InChI is InChI=1S/C22H36FN5O3/c1-3-4-5-6-7-8-9-10-11-12-18(30)25-20-19-21(27-22(23)26-20)28(16-24-19)14-13-17(15-29)31-2/h16-17,29H,3-15H2,1-2H3,(H,25,26,27,30). The molecule has 2 N–H and O–H groups in total.